The molecule has 0 spiro atoms. The Hall–Kier alpha value is -1.92. The van der Waals surface area contributed by atoms with Crippen molar-refractivity contribution in [1.29, 1.82) is 0 Å². The highest BCUT2D eigenvalue weighted by Crippen LogP contribution is 2.36. The number of aryl methyl sites for hydroxylation is 1. The summed E-state index contributed by atoms with van der Waals surface area (Å²) in [6.07, 6.45) is 0.979. The lowest BCUT2D eigenvalue weighted by Gasteiger charge is -2.20. The van der Waals surface area contributed by atoms with E-state index in [9.17, 15) is 10.1 Å². The fourth-order valence-corrected chi connectivity index (χ4v) is 2.30. The van der Waals surface area contributed by atoms with Gasteiger partial charge in [-0.3, -0.25) is 10.1 Å². The lowest BCUT2D eigenvalue weighted by atomic mass is 9.93. The third-order valence-electron chi connectivity index (χ3n) is 3.22. The molecule has 2 rings (SSSR count). The molecule has 7 nitrogen and oxygen atoms in total. The average Bonchev–Trinajstić information content (AvgIpc) is 2.56. The van der Waals surface area contributed by atoms with Crippen molar-refractivity contribution in [2.45, 2.75) is 27.2 Å². The minimum atomic E-state index is -0.435. The summed E-state index contributed by atoms with van der Waals surface area (Å²) in [5.74, 6) is 0.424. The third-order valence-corrected chi connectivity index (χ3v) is 3.22. The van der Waals surface area contributed by atoms with Crippen LogP contribution in [0.4, 0.5) is 17.5 Å². The van der Waals surface area contributed by atoms with Crippen LogP contribution in [0.1, 0.15) is 26.0 Å². The first-order valence-electron chi connectivity index (χ1n) is 5.84. The van der Waals surface area contributed by atoms with Crippen LogP contribution in [0, 0.1) is 22.5 Å². The molecule has 0 radical (unpaired) electrons. The number of nitro groups is 1. The minimum absolute atomic E-state index is 0.0399. The van der Waals surface area contributed by atoms with E-state index in [4.69, 9.17) is 5.73 Å². The molecule has 1 aliphatic heterocycles. The standard InChI is InChI=1S/C11H17N5O2/c1-7-8(16(17)18)9(14-10(12)13-7)15-5-4-11(2,3)6-15/h4-6H2,1-3H3,(H2,12,13,14). The Morgan fingerprint density at radius 1 is 1.44 bits per heavy atom. The van der Waals surface area contributed by atoms with Crippen molar-refractivity contribution in [3.63, 3.8) is 0 Å². The van der Waals surface area contributed by atoms with Gasteiger partial charge in [0.15, 0.2) is 0 Å². The van der Waals surface area contributed by atoms with Crippen molar-refractivity contribution >= 4 is 17.5 Å². The maximum atomic E-state index is 11.1. The summed E-state index contributed by atoms with van der Waals surface area (Å²) >= 11 is 0. The number of hydrogen-bond acceptors (Lipinski definition) is 6. The maximum Gasteiger partial charge on any atom is 0.332 e. The van der Waals surface area contributed by atoms with Gasteiger partial charge in [0.05, 0.1) is 4.92 Å². The van der Waals surface area contributed by atoms with Gasteiger partial charge in [-0.15, -0.1) is 0 Å². The van der Waals surface area contributed by atoms with E-state index in [1.807, 2.05) is 4.90 Å². The predicted octanol–water partition coefficient (Wildman–Crippen LogP) is 1.51. The van der Waals surface area contributed by atoms with Gasteiger partial charge in [-0.2, -0.15) is 4.98 Å². The quantitative estimate of drug-likeness (QED) is 0.632. The number of nitrogens with two attached hydrogens (primary N) is 1. The Kier molecular flexibility index (Phi) is 2.84. The predicted molar refractivity (Wildman–Crippen MR) is 68.4 cm³/mol. The smallest absolute Gasteiger partial charge is 0.332 e. The molecule has 1 aromatic heterocycles. The molecule has 18 heavy (non-hydrogen) atoms. The van der Waals surface area contributed by atoms with Gasteiger partial charge in [0.2, 0.25) is 11.8 Å². The molecule has 1 aromatic rings. The molecule has 1 fully saturated rings. The first kappa shape index (κ1) is 12.5. The van der Waals surface area contributed by atoms with Crippen molar-refractivity contribution < 1.29 is 4.92 Å². The van der Waals surface area contributed by atoms with Gasteiger partial charge in [0.1, 0.15) is 5.69 Å². The Bertz CT molecular complexity index is 500. The molecule has 98 valence electrons. The van der Waals surface area contributed by atoms with Crippen molar-refractivity contribution in [2.24, 2.45) is 5.41 Å². The fourth-order valence-electron chi connectivity index (χ4n) is 2.30. The lowest BCUT2D eigenvalue weighted by Crippen LogP contribution is -2.25. The summed E-state index contributed by atoms with van der Waals surface area (Å²) < 4.78 is 0. The largest absolute Gasteiger partial charge is 0.368 e. The first-order valence-corrected chi connectivity index (χ1v) is 5.84. The van der Waals surface area contributed by atoms with E-state index in [1.165, 1.54) is 0 Å². The number of anilines is 2. The highest BCUT2D eigenvalue weighted by Gasteiger charge is 2.34. The normalized spacial score (nSPS) is 18.1. The molecule has 2 heterocycles. The second-order valence-corrected chi connectivity index (χ2v) is 5.43. The van der Waals surface area contributed by atoms with Crippen LogP contribution in [0.25, 0.3) is 0 Å². The molecule has 1 saturated heterocycles. The van der Waals surface area contributed by atoms with Gasteiger partial charge in [0, 0.05) is 13.1 Å². The monoisotopic (exact) mass is 251 g/mol. The molecule has 0 amide bonds. The number of rotatable bonds is 2. The van der Waals surface area contributed by atoms with E-state index in [0.29, 0.717) is 11.5 Å². The average molecular weight is 251 g/mol. The van der Waals surface area contributed by atoms with Gasteiger partial charge < -0.3 is 10.6 Å². The van der Waals surface area contributed by atoms with E-state index >= 15 is 0 Å². The molecule has 0 unspecified atom stereocenters. The summed E-state index contributed by atoms with van der Waals surface area (Å²) in [6, 6.07) is 0. The number of aromatic nitrogens is 2. The Morgan fingerprint density at radius 3 is 2.61 bits per heavy atom. The van der Waals surface area contributed by atoms with Crippen LogP contribution in [-0.2, 0) is 0 Å². The summed E-state index contributed by atoms with van der Waals surface area (Å²) in [5, 5.41) is 11.1. The number of nitrogens with zero attached hydrogens (tertiary/aromatic N) is 4. The van der Waals surface area contributed by atoms with Crippen molar-refractivity contribution in [1.82, 2.24) is 9.97 Å². The summed E-state index contributed by atoms with van der Waals surface area (Å²) in [7, 11) is 0. The topological polar surface area (TPSA) is 98.2 Å². The molecular formula is C11H17N5O2. The summed E-state index contributed by atoms with van der Waals surface area (Å²) in [5.41, 5.74) is 6.00. The number of nitrogen functional groups attached to an aromatic ring is 1. The van der Waals surface area contributed by atoms with Crippen molar-refractivity contribution in [2.75, 3.05) is 23.7 Å². The highest BCUT2D eigenvalue weighted by molar-refractivity contribution is 5.62. The zero-order valence-electron chi connectivity index (χ0n) is 10.8. The van der Waals surface area contributed by atoms with Gasteiger partial charge in [-0.05, 0) is 18.8 Å². The van der Waals surface area contributed by atoms with Gasteiger partial charge >= 0.3 is 5.69 Å². The second kappa shape index (κ2) is 4.08. The summed E-state index contributed by atoms with van der Waals surface area (Å²) in [6.45, 7) is 7.35. The van der Waals surface area contributed by atoms with Gasteiger partial charge in [0.25, 0.3) is 0 Å². The van der Waals surface area contributed by atoms with E-state index < -0.39 is 4.92 Å². The number of hydrogen-bond donors (Lipinski definition) is 1. The van der Waals surface area contributed by atoms with Gasteiger partial charge in [-0.1, -0.05) is 13.8 Å². The van der Waals surface area contributed by atoms with E-state index in [2.05, 4.69) is 23.8 Å². The Balaban J connectivity index is 2.47. The molecule has 0 aliphatic carbocycles. The van der Waals surface area contributed by atoms with Crippen LogP contribution in [0.15, 0.2) is 0 Å². The van der Waals surface area contributed by atoms with Crippen LogP contribution in [0.5, 0.6) is 0 Å². The summed E-state index contributed by atoms with van der Waals surface area (Å²) in [4.78, 5) is 20.5. The highest BCUT2D eigenvalue weighted by atomic mass is 16.6. The molecule has 0 bridgehead atoms. The zero-order valence-corrected chi connectivity index (χ0v) is 10.8. The zero-order chi connectivity index (χ0) is 13.5. The van der Waals surface area contributed by atoms with E-state index in [1.54, 1.807) is 6.92 Å². The van der Waals surface area contributed by atoms with E-state index in [0.717, 1.165) is 19.5 Å². The van der Waals surface area contributed by atoms with Crippen LogP contribution in [-0.4, -0.2) is 28.0 Å². The molecule has 0 saturated carbocycles. The van der Waals surface area contributed by atoms with Gasteiger partial charge in [-0.25, -0.2) is 4.98 Å². The van der Waals surface area contributed by atoms with Crippen LogP contribution < -0.4 is 10.6 Å². The fraction of sp³-hybridized carbons (Fsp3) is 0.636. The van der Waals surface area contributed by atoms with Crippen LogP contribution in [0.2, 0.25) is 0 Å². The molecule has 0 atom stereocenters. The van der Waals surface area contributed by atoms with E-state index in [-0.39, 0.29) is 17.1 Å². The molecule has 7 heteroatoms. The van der Waals surface area contributed by atoms with Crippen LogP contribution in [0.3, 0.4) is 0 Å². The molecule has 0 aromatic carbocycles. The maximum absolute atomic E-state index is 11.1. The lowest BCUT2D eigenvalue weighted by molar-refractivity contribution is -0.385. The first-order chi connectivity index (χ1) is 8.30. The van der Waals surface area contributed by atoms with Crippen molar-refractivity contribution in [3.05, 3.63) is 15.8 Å². The molecule has 1 aliphatic rings. The minimum Gasteiger partial charge on any atom is -0.368 e. The molecule has 2 N–H and O–H groups in total. The second-order valence-electron chi connectivity index (χ2n) is 5.43. The molecular weight excluding hydrogens is 234 g/mol. The SMILES string of the molecule is Cc1nc(N)nc(N2CCC(C)(C)C2)c1[N+](=O)[O-]. The van der Waals surface area contributed by atoms with Crippen molar-refractivity contribution in [3.8, 4) is 0 Å². The third kappa shape index (κ3) is 2.20. The Morgan fingerprint density at radius 2 is 2.11 bits per heavy atom. The van der Waals surface area contributed by atoms with Crippen LogP contribution >= 0.6 is 0 Å². The Labute approximate surface area is 105 Å².